The van der Waals surface area contributed by atoms with Crippen LogP contribution in [0.1, 0.15) is 16.8 Å². The summed E-state index contributed by atoms with van der Waals surface area (Å²) < 4.78 is 19.3. The van der Waals surface area contributed by atoms with Gasteiger partial charge in [-0.05, 0) is 30.7 Å². The number of nitriles is 1. The average molecular weight is 271 g/mol. The molecule has 0 radical (unpaired) electrons. The molecule has 2 N–H and O–H groups in total. The standard InChI is InChI=1S/C15H14FN3O/c16-13-5-1-3-11(6-7-17)15(13)20-10-12-4-2-8-19-14(12)9-18/h1-5,8H,6-7,10,17H2. The molecule has 2 aromatic rings. The van der Waals surface area contributed by atoms with E-state index >= 15 is 0 Å². The van der Waals surface area contributed by atoms with Crippen molar-refractivity contribution in [1.29, 1.82) is 5.26 Å². The minimum atomic E-state index is -0.432. The number of pyridine rings is 1. The lowest BCUT2D eigenvalue weighted by Gasteiger charge is -2.12. The summed E-state index contributed by atoms with van der Waals surface area (Å²) in [6.45, 7) is 0.505. The van der Waals surface area contributed by atoms with E-state index in [1.54, 1.807) is 24.3 Å². The van der Waals surface area contributed by atoms with Crippen molar-refractivity contribution in [2.75, 3.05) is 6.54 Å². The fourth-order valence-corrected chi connectivity index (χ4v) is 1.87. The Bertz CT molecular complexity index is 637. The lowest BCUT2D eigenvalue weighted by atomic mass is 10.1. The van der Waals surface area contributed by atoms with E-state index in [9.17, 15) is 4.39 Å². The Hall–Kier alpha value is -2.45. The second-order valence-electron chi connectivity index (χ2n) is 4.18. The zero-order chi connectivity index (χ0) is 14.4. The first-order valence-electron chi connectivity index (χ1n) is 6.20. The van der Waals surface area contributed by atoms with Crippen molar-refractivity contribution in [2.24, 2.45) is 5.73 Å². The Morgan fingerprint density at radius 1 is 1.25 bits per heavy atom. The molecule has 0 aliphatic rings. The Morgan fingerprint density at radius 3 is 2.80 bits per heavy atom. The van der Waals surface area contributed by atoms with E-state index in [1.807, 2.05) is 6.07 Å². The van der Waals surface area contributed by atoms with E-state index in [0.29, 0.717) is 18.5 Å². The van der Waals surface area contributed by atoms with E-state index in [2.05, 4.69) is 4.98 Å². The number of nitrogens with zero attached hydrogens (tertiary/aromatic N) is 2. The van der Waals surface area contributed by atoms with Crippen LogP contribution in [0.15, 0.2) is 36.5 Å². The number of nitrogens with two attached hydrogens (primary N) is 1. The molecule has 102 valence electrons. The van der Waals surface area contributed by atoms with Crippen LogP contribution in [-0.4, -0.2) is 11.5 Å². The molecular weight excluding hydrogens is 257 g/mol. The topological polar surface area (TPSA) is 71.9 Å². The number of para-hydroxylation sites is 1. The van der Waals surface area contributed by atoms with Crippen molar-refractivity contribution in [1.82, 2.24) is 4.98 Å². The molecule has 0 atom stereocenters. The van der Waals surface area contributed by atoms with Gasteiger partial charge in [0.05, 0.1) is 0 Å². The summed E-state index contributed by atoms with van der Waals surface area (Å²) in [7, 11) is 0. The first-order chi connectivity index (χ1) is 9.76. The Morgan fingerprint density at radius 2 is 2.05 bits per heavy atom. The van der Waals surface area contributed by atoms with Crippen LogP contribution in [0.3, 0.4) is 0 Å². The van der Waals surface area contributed by atoms with Crippen LogP contribution in [0.2, 0.25) is 0 Å². The van der Waals surface area contributed by atoms with Gasteiger partial charge < -0.3 is 10.5 Å². The van der Waals surface area contributed by atoms with E-state index in [1.165, 1.54) is 12.3 Å². The number of aromatic nitrogens is 1. The van der Waals surface area contributed by atoms with Crippen molar-refractivity contribution < 1.29 is 9.13 Å². The van der Waals surface area contributed by atoms with Gasteiger partial charge in [-0.3, -0.25) is 0 Å². The van der Waals surface area contributed by atoms with Gasteiger partial charge in [-0.15, -0.1) is 0 Å². The maximum absolute atomic E-state index is 13.8. The summed E-state index contributed by atoms with van der Waals surface area (Å²) in [5.74, 6) is -0.246. The smallest absolute Gasteiger partial charge is 0.165 e. The molecule has 0 aliphatic heterocycles. The monoisotopic (exact) mass is 271 g/mol. The molecule has 0 aliphatic carbocycles. The van der Waals surface area contributed by atoms with Crippen LogP contribution in [0.25, 0.3) is 0 Å². The zero-order valence-corrected chi connectivity index (χ0v) is 10.8. The predicted octanol–water partition coefficient (Wildman–Crippen LogP) is 2.17. The fraction of sp³-hybridized carbons (Fsp3) is 0.200. The predicted molar refractivity (Wildman–Crippen MR) is 72.4 cm³/mol. The molecule has 0 spiro atoms. The Labute approximate surface area is 116 Å². The van der Waals surface area contributed by atoms with Gasteiger partial charge in [0.25, 0.3) is 0 Å². The van der Waals surface area contributed by atoms with Crippen molar-refractivity contribution in [3.05, 3.63) is 59.2 Å². The van der Waals surface area contributed by atoms with Gasteiger partial charge in [0, 0.05) is 11.8 Å². The van der Waals surface area contributed by atoms with E-state index < -0.39 is 5.82 Å². The van der Waals surface area contributed by atoms with E-state index in [-0.39, 0.29) is 18.1 Å². The van der Waals surface area contributed by atoms with Gasteiger partial charge in [-0.25, -0.2) is 9.37 Å². The maximum Gasteiger partial charge on any atom is 0.165 e. The van der Waals surface area contributed by atoms with Crippen LogP contribution in [0.5, 0.6) is 5.75 Å². The first kappa shape index (κ1) is 14.0. The fourth-order valence-electron chi connectivity index (χ4n) is 1.87. The minimum Gasteiger partial charge on any atom is -0.485 e. The maximum atomic E-state index is 13.8. The largest absolute Gasteiger partial charge is 0.485 e. The zero-order valence-electron chi connectivity index (χ0n) is 10.8. The third-order valence-corrected chi connectivity index (χ3v) is 2.83. The summed E-state index contributed by atoms with van der Waals surface area (Å²) in [5.41, 5.74) is 7.12. The molecule has 5 heteroatoms. The molecule has 0 bridgehead atoms. The normalized spacial score (nSPS) is 10.1. The quantitative estimate of drug-likeness (QED) is 0.904. The van der Waals surface area contributed by atoms with E-state index in [4.69, 9.17) is 15.7 Å². The van der Waals surface area contributed by atoms with Gasteiger partial charge >= 0.3 is 0 Å². The molecule has 20 heavy (non-hydrogen) atoms. The van der Waals surface area contributed by atoms with Crippen molar-refractivity contribution in [2.45, 2.75) is 13.0 Å². The molecule has 1 aromatic heterocycles. The minimum absolute atomic E-state index is 0.0925. The first-order valence-corrected chi connectivity index (χ1v) is 6.20. The van der Waals surface area contributed by atoms with E-state index in [0.717, 1.165) is 5.56 Å². The lowest BCUT2D eigenvalue weighted by molar-refractivity contribution is 0.286. The van der Waals surface area contributed by atoms with Gasteiger partial charge in [0.1, 0.15) is 18.4 Å². The highest BCUT2D eigenvalue weighted by atomic mass is 19.1. The summed E-state index contributed by atoms with van der Waals surface area (Å²) in [5, 5.41) is 8.95. The van der Waals surface area contributed by atoms with Crippen LogP contribution >= 0.6 is 0 Å². The summed E-state index contributed by atoms with van der Waals surface area (Å²) in [6, 6.07) is 10.2. The van der Waals surface area contributed by atoms with Gasteiger partial charge in [0.2, 0.25) is 0 Å². The third-order valence-electron chi connectivity index (χ3n) is 2.83. The molecular formula is C15H14FN3O. The molecule has 0 fully saturated rings. The number of rotatable bonds is 5. The van der Waals surface area contributed by atoms with Crippen molar-refractivity contribution in [3.63, 3.8) is 0 Å². The number of hydrogen-bond acceptors (Lipinski definition) is 4. The lowest BCUT2D eigenvalue weighted by Crippen LogP contribution is -2.07. The van der Waals surface area contributed by atoms with Gasteiger partial charge in [0.15, 0.2) is 11.6 Å². The Kier molecular flexibility index (Phi) is 4.64. The summed E-state index contributed by atoms with van der Waals surface area (Å²) in [6.07, 6.45) is 2.07. The van der Waals surface area contributed by atoms with Crippen LogP contribution in [0.4, 0.5) is 4.39 Å². The molecule has 0 saturated heterocycles. The van der Waals surface area contributed by atoms with Crippen LogP contribution < -0.4 is 10.5 Å². The second kappa shape index (κ2) is 6.64. The van der Waals surface area contributed by atoms with Crippen molar-refractivity contribution >= 4 is 0 Å². The average Bonchev–Trinajstić information content (AvgIpc) is 2.47. The van der Waals surface area contributed by atoms with Crippen molar-refractivity contribution in [3.8, 4) is 11.8 Å². The molecule has 2 rings (SSSR count). The molecule has 1 aromatic carbocycles. The summed E-state index contributed by atoms with van der Waals surface area (Å²) >= 11 is 0. The molecule has 0 saturated carbocycles. The van der Waals surface area contributed by atoms with Crippen LogP contribution in [-0.2, 0) is 13.0 Å². The molecule has 0 unspecified atom stereocenters. The highest BCUT2D eigenvalue weighted by molar-refractivity contribution is 5.36. The summed E-state index contributed by atoms with van der Waals surface area (Å²) in [4.78, 5) is 3.94. The molecule has 0 amide bonds. The molecule has 4 nitrogen and oxygen atoms in total. The number of benzene rings is 1. The third kappa shape index (κ3) is 3.11. The SMILES string of the molecule is N#Cc1ncccc1COc1c(F)cccc1CCN. The number of ether oxygens (including phenoxy) is 1. The number of halogens is 1. The molecule has 1 heterocycles. The van der Waals surface area contributed by atoms with Gasteiger partial charge in [-0.2, -0.15) is 5.26 Å². The number of hydrogen-bond donors (Lipinski definition) is 1. The van der Waals surface area contributed by atoms with Crippen LogP contribution in [0, 0.1) is 17.1 Å². The van der Waals surface area contributed by atoms with Gasteiger partial charge in [-0.1, -0.05) is 18.2 Å². The Balaban J connectivity index is 2.21. The highest BCUT2D eigenvalue weighted by Gasteiger charge is 2.11. The second-order valence-corrected chi connectivity index (χ2v) is 4.18. The highest BCUT2D eigenvalue weighted by Crippen LogP contribution is 2.24.